The highest BCUT2D eigenvalue weighted by Gasteiger charge is 2.31. The summed E-state index contributed by atoms with van der Waals surface area (Å²) in [5.74, 6) is 1.13. The van der Waals surface area contributed by atoms with Gasteiger partial charge in [-0.05, 0) is 12.8 Å². The number of aromatic hydroxyl groups is 1. The number of imidazole rings is 1. The van der Waals surface area contributed by atoms with Crippen molar-refractivity contribution in [2.75, 3.05) is 0 Å². The minimum atomic E-state index is 0.166. The Balaban J connectivity index is 2.22. The van der Waals surface area contributed by atoms with Crippen molar-refractivity contribution in [2.24, 2.45) is 0 Å². The van der Waals surface area contributed by atoms with E-state index in [4.69, 9.17) is 0 Å². The molecular weight excluding hydrogens is 164 g/mol. The molecule has 1 aliphatic carbocycles. The van der Waals surface area contributed by atoms with Crippen LogP contribution in [0.3, 0.4) is 0 Å². The van der Waals surface area contributed by atoms with Crippen LogP contribution in [0.4, 0.5) is 0 Å². The largest absolute Gasteiger partial charge is 0.493 e. The van der Waals surface area contributed by atoms with E-state index in [2.05, 4.69) is 16.9 Å². The maximum atomic E-state index is 9.18. The number of nitrogens with one attached hydrogen (secondary N) is 1. The Morgan fingerprint density at radius 2 is 2.08 bits per heavy atom. The van der Waals surface area contributed by atoms with Gasteiger partial charge < -0.3 is 10.1 Å². The van der Waals surface area contributed by atoms with E-state index in [0.29, 0.717) is 0 Å². The van der Waals surface area contributed by atoms with Gasteiger partial charge >= 0.3 is 0 Å². The SMILES string of the molecule is CC1(c2ncc(O)[nH]2)CCCCC1. The van der Waals surface area contributed by atoms with Gasteiger partial charge in [-0.1, -0.05) is 26.2 Å². The van der Waals surface area contributed by atoms with Gasteiger partial charge in [0.15, 0.2) is 0 Å². The second-order valence-corrected chi connectivity index (χ2v) is 4.24. The van der Waals surface area contributed by atoms with E-state index in [1.54, 1.807) is 0 Å². The predicted molar refractivity (Wildman–Crippen MR) is 50.7 cm³/mol. The molecule has 3 nitrogen and oxygen atoms in total. The van der Waals surface area contributed by atoms with Crippen molar-refractivity contribution in [3.8, 4) is 5.88 Å². The molecule has 72 valence electrons. The van der Waals surface area contributed by atoms with Crippen molar-refractivity contribution >= 4 is 0 Å². The summed E-state index contributed by atoms with van der Waals surface area (Å²) in [5, 5.41) is 9.18. The van der Waals surface area contributed by atoms with Crippen LogP contribution in [0.1, 0.15) is 44.9 Å². The minimum Gasteiger partial charge on any atom is -0.493 e. The molecule has 1 heterocycles. The molecule has 0 spiro atoms. The average Bonchev–Trinajstić information content (AvgIpc) is 2.54. The lowest BCUT2D eigenvalue weighted by Crippen LogP contribution is -2.26. The molecule has 0 radical (unpaired) electrons. The Bertz CT molecular complexity index is 287. The zero-order valence-corrected chi connectivity index (χ0v) is 8.01. The van der Waals surface area contributed by atoms with Crippen LogP contribution in [-0.4, -0.2) is 15.1 Å². The highest BCUT2D eigenvalue weighted by molar-refractivity contribution is 5.14. The van der Waals surface area contributed by atoms with Crippen molar-refractivity contribution in [1.82, 2.24) is 9.97 Å². The summed E-state index contributed by atoms with van der Waals surface area (Å²) in [7, 11) is 0. The molecule has 0 atom stereocenters. The Hall–Kier alpha value is -0.990. The third-order valence-corrected chi connectivity index (χ3v) is 3.09. The minimum absolute atomic E-state index is 0.166. The fraction of sp³-hybridized carbons (Fsp3) is 0.700. The van der Waals surface area contributed by atoms with Gasteiger partial charge in [0, 0.05) is 5.41 Å². The number of aromatic nitrogens is 2. The first-order valence-electron chi connectivity index (χ1n) is 4.95. The fourth-order valence-corrected chi connectivity index (χ4v) is 2.19. The Morgan fingerprint density at radius 3 is 2.62 bits per heavy atom. The smallest absolute Gasteiger partial charge is 0.208 e. The molecule has 2 rings (SSSR count). The van der Waals surface area contributed by atoms with Gasteiger partial charge in [0.05, 0.1) is 6.20 Å². The number of nitrogens with zero attached hydrogens (tertiary/aromatic N) is 1. The topological polar surface area (TPSA) is 48.9 Å². The summed E-state index contributed by atoms with van der Waals surface area (Å²) in [5.41, 5.74) is 0.166. The molecule has 1 saturated carbocycles. The van der Waals surface area contributed by atoms with E-state index < -0.39 is 0 Å². The molecule has 0 aliphatic heterocycles. The summed E-state index contributed by atoms with van der Waals surface area (Å²) in [6.07, 6.45) is 7.74. The van der Waals surface area contributed by atoms with E-state index in [0.717, 1.165) is 5.82 Å². The Kier molecular flexibility index (Phi) is 2.02. The molecule has 1 aliphatic rings. The number of hydrogen-bond donors (Lipinski definition) is 2. The van der Waals surface area contributed by atoms with Crippen molar-refractivity contribution in [3.05, 3.63) is 12.0 Å². The molecule has 0 unspecified atom stereocenters. The van der Waals surface area contributed by atoms with Crippen LogP contribution in [0.5, 0.6) is 5.88 Å². The standard InChI is InChI=1S/C10H16N2O/c1-10(5-3-2-4-6-10)9-11-7-8(13)12-9/h7,13H,2-6H2,1H3,(H,11,12). The van der Waals surface area contributed by atoms with Crippen LogP contribution in [0.2, 0.25) is 0 Å². The number of hydrogen-bond acceptors (Lipinski definition) is 2. The van der Waals surface area contributed by atoms with Crippen molar-refractivity contribution in [1.29, 1.82) is 0 Å². The maximum Gasteiger partial charge on any atom is 0.208 e. The van der Waals surface area contributed by atoms with Gasteiger partial charge in [0.2, 0.25) is 5.88 Å². The second kappa shape index (κ2) is 3.05. The van der Waals surface area contributed by atoms with E-state index in [-0.39, 0.29) is 11.3 Å². The van der Waals surface area contributed by atoms with Crippen LogP contribution >= 0.6 is 0 Å². The van der Waals surface area contributed by atoms with E-state index in [9.17, 15) is 5.11 Å². The van der Waals surface area contributed by atoms with E-state index in [1.807, 2.05) is 0 Å². The van der Waals surface area contributed by atoms with Crippen LogP contribution in [-0.2, 0) is 5.41 Å². The Labute approximate surface area is 78.2 Å². The van der Waals surface area contributed by atoms with Gasteiger partial charge in [0.25, 0.3) is 0 Å². The molecule has 0 amide bonds. The summed E-state index contributed by atoms with van der Waals surface area (Å²) in [6, 6.07) is 0. The third kappa shape index (κ3) is 1.55. The summed E-state index contributed by atoms with van der Waals surface area (Å²) >= 11 is 0. The van der Waals surface area contributed by atoms with Crippen molar-refractivity contribution in [3.63, 3.8) is 0 Å². The van der Waals surface area contributed by atoms with Crippen molar-refractivity contribution in [2.45, 2.75) is 44.4 Å². The van der Waals surface area contributed by atoms with Gasteiger partial charge in [-0.2, -0.15) is 0 Å². The molecule has 0 saturated heterocycles. The molecule has 13 heavy (non-hydrogen) atoms. The summed E-state index contributed by atoms with van der Waals surface area (Å²) < 4.78 is 0. The lowest BCUT2D eigenvalue weighted by atomic mass is 9.75. The lowest BCUT2D eigenvalue weighted by Gasteiger charge is -2.31. The first kappa shape index (κ1) is 8.60. The zero-order valence-electron chi connectivity index (χ0n) is 8.01. The molecule has 1 aromatic rings. The van der Waals surface area contributed by atoms with E-state index >= 15 is 0 Å². The van der Waals surface area contributed by atoms with Crippen molar-refractivity contribution < 1.29 is 5.11 Å². The lowest BCUT2D eigenvalue weighted by molar-refractivity contribution is 0.304. The third-order valence-electron chi connectivity index (χ3n) is 3.09. The molecule has 0 bridgehead atoms. The van der Waals surface area contributed by atoms with Crippen LogP contribution in [0.15, 0.2) is 6.20 Å². The number of rotatable bonds is 1. The first-order chi connectivity index (χ1) is 6.21. The number of aromatic amines is 1. The summed E-state index contributed by atoms with van der Waals surface area (Å²) in [6.45, 7) is 2.23. The molecule has 1 aromatic heterocycles. The van der Waals surface area contributed by atoms with Crippen LogP contribution < -0.4 is 0 Å². The van der Waals surface area contributed by atoms with Crippen LogP contribution in [0.25, 0.3) is 0 Å². The zero-order chi connectivity index (χ0) is 9.31. The highest BCUT2D eigenvalue weighted by Crippen LogP contribution is 2.37. The molecule has 3 heteroatoms. The van der Waals surface area contributed by atoms with Gasteiger partial charge in [-0.15, -0.1) is 0 Å². The van der Waals surface area contributed by atoms with Gasteiger partial charge in [0.1, 0.15) is 5.82 Å². The second-order valence-electron chi connectivity index (χ2n) is 4.24. The predicted octanol–water partition coefficient (Wildman–Crippen LogP) is 2.34. The number of H-pyrrole nitrogens is 1. The highest BCUT2D eigenvalue weighted by atomic mass is 16.3. The van der Waals surface area contributed by atoms with Crippen LogP contribution in [0, 0.1) is 0 Å². The quantitative estimate of drug-likeness (QED) is 0.696. The molecule has 1 fully saturated rings. The fourth-order valence-electron chi connectivity index (χ4n) is 2.19. The maximum absolute atomic E-state index is 9.18. The molecular formula is C10H16N2O. The van der Waals surface area contributed by atoms with E-state index in [1.165, 1.54) is 38.3 Å². The monoisotopic (exact) mass is 180 g/mol. The van der Waals surface area contributed by atoms with Gasteiger partial charge in [-0.3, -0.25) is 0 Å². The summed E-state index contributed by atoms with van der Waals surface area (Å²) in [4.78, 5) is 7.14. The molecule has 2 N–H and O–H groups in total. The normalized spacial score (nSPS) is 21.6. The average molecular weight is 180 g/mol. The van der Waals surface area contributed by atoms with Gasteiger partial charge in [-0.25, -0.2) is 4.98 Å². The first-order valence-corrected chi connectivity index (χ1v) is 4.95. The Morgan fingerprint density at radius 1 is 1.38 bits per heavy atom. The molecule has 0 aromatic carbocycles.